The summed E-state index contributed by atoms with van der Waals surface area (Å²) in [6.45, 7) is 8.32. The first kappa shape index (κ1) is 12.8. The van der Waals surface area contributed by atoms with Crippen molar-refractivity contribution < 1.29 is 4.42 Å². The number of furan rings is 1. The molecule has 1 unspecified atom stereocenters. The molecule has 0 saturated heterocycles. The molecule has 3 nitrogen and oxygen atoms in total. The molecule has 0 fully saturated rings. The van der Waals surface area contributed by atoms with Gasteiger partial charge in [-0.25, -0.2) is 0 Å². The molecule has 0 amide bonds. The highest BCUT2D eigenvalue weighted by atomic mass is 16.3. The predicted octanol–water partition coefficient (Wildman–Crippen LogP) is 3.70. The zero-order valence-corrected chi connectivity index (χ0v) is 11.4. The Morgan fingerprint density at radius 1 is 1.11 bits per heavy atom. The van der Waals surface area contributed by atoms with Crippen LogP contribution in [0.1, 0.15) is 48.6 Å². The van der Waals surface area contributed by atoms with Gasteiger partial charge in [-0.1, -0.05) is 0 Å². The number of aromatic nitrogens is 1. The van der Waals surface area contributed by atoms with Crippen LogP contribution in [-0.2, 0) is 0 Å². The Kier molecular flexibility index (Phi) is 3.82. The van der Waals surface area contributed by atoms with Crippen LogP contribution in [0.3, 0.4) is 0 Å². The van der Waals surface area contributed by atoms with E-state index in [0.717, 1.165) is 11.5 Å². The van der Waals surface area contributed by atoms with E-state index in [9.17, 15) is 0 Å². The van der Waals surface area contributed by atoms with Gasteiger partial charge in [0.2, 0.25) is 0 Å². The van der Waals surface area contributed by atoms with E-state index >= 15 is 0 Å². The van der Waals surface area contributed by atoms with Gasteiger partial charge in [0.15, 0.2) is 0 Å². The van der Waals surface area contributed by atoms with Crippen LogP contribution in [0.5, 0.6) is 0 Å². The minimum atomic E-state index is 0.269. The quantitative estimate of drug-likeness (QED) is 0.891. The Balaban J connectivity index is 2.08. The predicted molar refractivity (Wildman–Crippen MR) is 72.4 cm³/mol. The van der Waals surface area contributed by atoms with E-state index in [1.807, 2.05) is 38.4 Å². The maximum Gasteiger partial charge on any atom is 0.105 e. The van der Waals surface area contributed by atoms with Gasteiger partial charge < -0.3 is 9.73 Å². The summed E-state index contributed by atoms with van der Waals surface area (Å²) in [6, 6.07) is 6.74. The number of pyridine rings is 1. The fourth-order valence-corrected chi connectivity index (χ4v) is 2.29. The molecular weight excluding hydrogens is 224 g/mol. The van der Waals surface area contributed by atoms with Gasteiger partial charge in [0.05, 0.1) is 0 Å². The molecule has 0 aliphatic carbocycles. The van der Waals surface area contributed by atoms with Gasteiger partial charge in [-0.2, -0.15) is 0 Å². The minimum Gasteiger partial charge on any atom is -0.466 e. The second-order valence-corrected chi connectivity index (χ2v) is 4.76. The van der Waals surface area contributed by atoms with E-state index in [-0.39, 0.29) is 12.1 Å². The number of nitrogens with zero attached hydrogens (tertiary/aromatic N) is 1. The van der Waals surface area contributed by atoms with Gasteiger partial charge in [-0.15, -0.1) is 0 Å². The molecule has 0 aromatic carbocycles. The van der Waals surface area contributed by atoms with Gasteiger partial charge in [-0.05, 0) is 51.5 Å². The van der Waals surface area contributed by atoms with Crippen molar-refractivity contribution >= 4 is 0 Å². The Morgan fingerprint density at radius 2 is 1.78 bits per heavy atom. The number of hydrogen-bond acceptors (Lipinski definition) is 3. The van der Waals surface area contributed by atoms with Crippen molar-refractivity contribution in [3.05, 3.63) is 53.2 Å². The average Bonchev–Trinajstić information content (AvgIpc) is 2.69. The molecule has 2 aromatic heterocycles. The van der Waals surface area contributed by atoms with Crippen molar-refractivity contribution in [3.63, 3.8) is 0 Å². The molecule has 2 atom stereocenters. The summed E-state index contributed by atoms with van der Waals surface area (Å²) in [5.41, 5.74) is 2.48. The Bertz CT molecular complexity index is 504. The fourth-order valence-electron chi connectivity index (χ4n) is 2.29. The van der Waals surface area contributed by atoms with Crippen LogP contribution in [0.15, 0.2) is 35.0 Å². The van der Waals surface area contributed by atoms with Crippen molar-refractivity contribution in [2.24, 2.45) is 0 Å². The molecule has 3 heteroatoms. The minimum absolute atomic E-state index is 0.269. The normalized spacial score (nSPS) is 14.4. The highest BCUT2D eigenvalue weighted by molar-refractivity contribution is 5.24. The molecule has 0 aliphatic rings. The van der Waals surface area contributed by atoms with Crippen LogP contribution >= 0.6 is 0 Å². The van der Waals surface area contributed by atoms with E-state index in [2.05, 4.69) is 30.2 Å². The highest BCUT2D eigenvalue weighted by Crippen LogP contribution is 2.24. The third kappa shape index (κ3) is 2.79. The Morgan fingerprint density at radius 3 is 2.33 bits per heavy atom. The lowest BCUT2D eigenvalue weighted by atomic mass is 10.1. The summed E-state index contributed by atoms with van der Waals surface area (Å²) in [5, 5.41) is 3.58. The van der Waals surface area contributed by atoms with Crippen molar-refractivity contribution in [2.45, 2.75) is 39.8 Å². The molecule has 0 radical (unpaired) electrons. The van der Waals surface area contributed by atoms with Crippen molar-refractivity contribution in [1.29, 1.82) is 0 Å². The molecule has 2 rings (SSSR count). The molecule has 0 aliphatic heterocycles. The zero-order valence-electron chi connectivity index (χ0n) is 11.4. The molecule has 0 bridgehead atoms. The second kappa shape index (κ2) is 5.36. The first-order valence-corrected chi connectivity index (χ1v) is 6.31. The van der Waals surface area contributed by atoms with Crippen LogP contribution in [0.2, 0.25) is 0 Å². The van der Waals surface area contributed by atoms with Crippen LogP contribution in [-0.4, -0.2) is 4.98 Å². The first-order valence-electron chi connectivity index (χ1n) is 6.31. The van der Waals surface area contributed by atoms with E-state index in [0.29, 0.717) is 0 Å². The number of aryl methyl sites for hydroxylation is 2. The van der Waals surface area contributed by atoms with Gasteiger partial charge >= 0.3 is 0 Å². The maximum absolute atomic E-state index is 5.57. The number of nitrogens with one attached hydrogen (secondary N) is 1. The summed E-state index contributed by atoms with van der Waals surface area (Å²) < 4.78 is 5.57. The number of rotatable bonds is 4. The largest absolute Gasteiger partial charge is 0.466 e. The lowest BCUT2D eigenvalue weighted by molar-refractivity contribution is 0.469. The highest BCUT2D eigenvalue weighted by Gasteiger charge is 2.15. The third-order valence-electron chi connectivity index (χ3n) is 3.25. The summed E-state index contributed by atoms with van der Waals surface area (Å²) in [6.07, 6.45) is 3.65. The molecule has 18 heavy (non-hydrogen) atoms. The first-order chi connectivity index (χ1) is 8.58. The summed E-state index contributed by atoms with van der Waals surface area (Å²) in [5.74, 6) is 1.96. The smallest absolute Gasteiger partial charge is 0.105 e. The zero-order chi connectivity index (χ0) is 13.1. The lowest BCUT2D eigenvalue weighted by Crippen LogP contribution is -2.22. The molecule has 2 heterocycles. The van der Waals surface area contributed by atoms with Crippen LogP contribution < -0.4 is 5.32 Å². The van der Waals surface area contributed by atoms with Crippen LogP contribution in [0.4, 0.5) is 0 Å². The maximum atomic E-state index is 5.57. The van der Waals surface area contributed by atoms with Gasteiger partial charge in [0.25, 0.3) is 0 Å². The molecule has 0 saturated carbocycles. The van der Waals surface area contributed by atoms with Gasteiger partial charge in [0.1, 0.15) is 11.5 Å². The second-order valence-electron chi connectivity index (χ2n) is 4.76. The standard InChI is InChI=1S/C15H20N2O/c1-10-9-15(13(4)18-10)12(3)17-11(2)14-5-7-16-8-6-14/h5-9,11-12,17H,1-4H3/t11-,12?/m0/s1. The van der Waals surface area contributed by atoms with E-state index < -0.39 is 0 Å². The van der Waals surface area contributed by atoms with Gasteiger partial charge in [-0.3, -0.25) is 4.98 Å². The Labute approximate surface area is 108 Å². The molecule has 1 N–H and O–H groups in total. The van der Waals surface area contributed by atoms with E-state index in [1.165, 1.54) is 11.1 Å². The topological polar surface area (TPSA) is 38.1 Å². The van der Waals surface area contributed by atoms with Crippen LogP contribution in [0, 0.1) is 13.8 Å². The fraction of sp³-hybridized carbons (Fsp3) is 0.400. The van der Waals surface area contributed by atoms with Crippen molar-refractivity contribution in [1.82, 2.24) is 10.3 Å². The number of hydrogen-bond donors (Lipinski definition) is 1. The van der Waals surface area contributed by atoms with E-state index in [4.69, 9.17) is 4.42 Å². The van der Waals surface area contributed by atoms with Crippen molar-refractivity contribution in [3.8, 4) is 0 Å². The summed E-state index contributed by atoms with van der Waals surface area (Å²) in [7, 11) is 0. The molecular formula is C15H20N2O. The summed E-state index contributed by atoms with van der Waals surface area (Å²) >= 11 is 0. The third-order valence-corrected chi connectivity index (χ3v) is 3.25. The molecule has 2 aromatic rings. The Hall–Kier alpha value is -1.61. The monoisotopic (exact) mass is 244 g/mol. The SMILES string of the molecule is Cc1cc(C(C)N[C@@H](C)c2ccncc2)c(C)o1. The van der Waals surface area contributed by atoms with Crippen LogP contribution in [0.25, 0.3) is 0 Å². The lowest BCUT2D eigenvalue weighted by Gasteiger charge is -2.20. The van der Waals surface area contributed by atoms with E-state index in [1.54, 1.807) is 0 Å². The average molecular weight is 244 g/mol. The van der Waals surface area contributed by atoms with Crippen molar-refractivity contribution in [2.75, 3.05) is 0 Å². The molecule has 96 valence electrons. The van der Waals surface area contributed by atoms with Gasteiger partial charge in [0, 0.05) is 30.0 Å². The molecule has 0 spiro atoms. The summed E-state index contributed by atoms with van der Waals surface area (Å²) in [4.78, 5) is 4.04.